The zero-order valence-corrected chi connectivity index (χ0v) is 24.8. The highest BCUT2D eigenvalue weighted by molar-refractivity contribution is 6.42. The standard InChI is InChI=1S/C32H35Cl2N5O2/c1-37(31(40)28-5-2-4-24-18-22(20-35)6-8-27(24)28)21-25(23-7-9-29(33)30(34)19-23)10-15-38-16-11-26(12-17-38)39-14-3-13-36-32(39)41/h2,4-9,18-19,25-26H,3,10-17,21H2,1H3,(H,36,41)/t25-/m1/s1. The van der Waals surface area contributed by atoms with E-state index in [-0.39, 0.29) is 17.9 Å². The van der Waals surface area contributed by atoms with E-state index in [0.717, 1.165) is 74.7 Å². The summed E-state index contributed by atoms with van der Waals surface area (Å²) in [5, 5.41) is 15.0. The summed E-state index contributed by atoms with van der Waals surface area (Å²) in [7, 11) is 1.84. The Morgan fingerprint density at radius 2 is 1.90 bits per heavy atom. The smallest absolute Gasteiger partial charge is 0.317 e. The molecular weight excluding hydrogens is 557 g/mol. The van der Waals surface area contributed by atoms with Crippen LogP contribution in [0.15, 0.2) is 54.6 Å². The Balaban J connectivity index is 1.28. The number of carbonyl (C=O) groups excluding carboxylic acids is 2. The lowest BCUT2D eigenvalue weighted by Gasteiger charge is -2.40. The highest BCUT2D eigenvalue weighted by Crippen LogP contribution is 2.30. The van der Waals surface area contributed by atoms with Crippen molar-refractivity contribution in [1.29, 1.82) is 5.26 Å². The third-order valence-corrected chi connectivity index (χ3v) is 9.14. The summed E-state index contributed by atoms with van der Waals surface area (Å²) in [6.45, 7) is 4.90. The summed E-state index contributed by atoms with van der Waals surface area (Å²) in [5.74, 6) is -0.00419. The van der Waals surface area contributed by atoms with Gasteiger partial charge in [0, 0.05) is 57.3 Å². The third-order valence-electron chi connectivity index (χ3n) is 8.40. The lowest BCUT2D eigenvalue weighted by Crippen LogP contribution is -2.54. The van der Waals surface area contributed by atoms with E-state index in [1.54, 1.807) is 11.0 Å². The maximum Gasteiger partial charge on any atom is 0.317 e. The summed E-state index contributed by atoms with van der Waals surface area (Å²) in [6, 6.07) is 19.3. The first-order valence-electron chi connectivity index (χ1n) is 14.2. The van der Waals surface area contributed by atoms with E-state index in [0.29, 0.717) is 33.8 Å². The van der Waals surface area contributed by atoms with Crippen molar-refractivity contribution in [2.45, 2.75) is 37.6 Å². The van der Waals surface area contributed by atoms with Gasteiger partial charge in [-0.15, -0.1) is 0 Å². The number of nitrogens with zero attached hydrogens (tertiary/aromatic N) is 4. The number of halogens is 2. The van der Waals surface area contributed by atoms with Crippen molar-refractivity contribution in [2.24, 2.45) is 0 Å². The van der Waals surface area contributed by atoms with Crippen LogP contribution in [0.4, 0.5) is 4.79 Å². The molecule has 0 radical (unpaired) electrons. The molecule has 2 aliphatic rings. The summed E-state index contributed by atoms with van der Waals surface area (Å²) < 4.78 is 0. The van der Waals surface area contributed by atoms with Crippen molar-refractivity contribution in [2.75, 3.05) is 46.3 Å². The number of nitriles is 1. The lowest BCUT2D eigenvalue weighted by molar-refractivity contribution is 0.0780. The van der Waals surface area contributed by atoms with E-state index in [1.165, 1.54) is 0 Å². The lowest BCUT2D eigenvalue weighted by atomic mass is 9.93. The number of hydrogen-bond donors (Lipinski definition) is 1. The molecule has 2 saturated heterocycles. The molecule has 0 aliphatic carbocycles. The van der Waals surface area contributed by atoms with Crippen LogP contribution in [0.1, 0.15) is 53.1 Å². The zero-order valence-electron chi connectivity index (χ0n) is 23.3. The van der Waals surface area contributed by atoms with Gasteiger partial charge in [0.1, 0.15) is 0 Å². The van der Waals surface area contributed by atoms with Gasteiger partial charge in [-0.1, -0.05) is 47.5 Å². The average molecular weight is 593 g/mol. The Hall–Kier alpha value is -3.31. The number of fused-ring (bicyclic) bond motifs is 1. The van der Waals surface area contributed by atoms with Gasteiger partial charge in [-0.2, -0.15) is 5.26 Å². The van der Waals surface area contributed by atoms with Crippen LogP contribution in [0.25, 0.3) is 10.8 Å². The third kappa shape index (κ3) is 6.78. The molecule has 0 unspecified atom stereocenters. The minimum atomic E-state index is -0.0639. The molecule has 1 N–H and O–H groups in total. The van der Waals surface area contributed by atoms with E-state index in [4.69, 9.17) is 23.2 Å². The molecule has 41 heavy (non-hydrogen) atoms. The number of hydrogen-bond acceptors (Lipinski definition) is 4. The molecule has 0 spiro atoms. The molecule has 7 nitrogen and oxygen atoms in total. The molecule has 1 atom stereocenters. The van der Waals surface area contributed by atoms with E-state index >= 15 is 0 Å². The van der Waals surface area contributed by atoms with Crippen LogP contribution in [-0.2, 0) is 0 Å². The van der Waals surface area contributed by atoms with Crippen LogP contribution in [0, 0.1) is 11.3 Å². The van der Waals surface area contributed by atoms with Crippen LogP contribution >= 0.6 is 23.2 Å². The molecule has 2 fully saturated rings. The minimum Gasteiger partial charge on any atom is -0.341 e. The first kappa shape index (κ1) is 29.2. The molecule has 2 heterocycles. The van der Waals surface area contributed by atoms with Gasteiger partial charge in [0.2, 0.25) is 0 Å². The number of benzene rings is 3. The van der Waals surface area contributed by atoms with Crippen LogP contribution in [-0.4, -0.2) is 79.0 Å². The van der Waals surface area contributed by atoms with Crippen LogP contribution in [0.3, 0.4) is 0 Å². The van der Waals surface area contributed by atoms with Gasteiger partial charge in [-0.05, 0) is 78.9 Å². The monoisotopic (exact) mass is 591 g/mol. The van der Waals surface area contributed by atoms with Gasteiger partial charge < -0.3 is 20.0 Å². The van der Waals surface area contributed by atoms with Crippen LogP contribution in [0.2, 0.25) is 10.0 Å². The topological polar surface area (TPSA) is 79.7 Å². The Kier molecular flexibility index (Phi) is 9.34. The number of carbonyl (C=O) groups is 2. The Morgan fingerprint density at radius 3 is 2.63 bits per heavy atom. The molecule has 0 aromatic heterocycles. The highest BCUT2D eigenvalue weighted by atomic mass is 35.5. The molecule has 214 valence electrons. The van der Waals surface area contributed by atoms with Crippen molar-refractivity contribution in [1.82, 2.24) is 20.0 Å². The molecule has 5 rings (SSSR count). The fraction of sp³-hybridized carbons (Fsp3) is 0.406. The normalized spacial score (nSPS) is 17.2. The predicted octanol–water partition coefficient (Wildman–Crippen LogP) is 6.14. The Labute approximate surface area is 251 Å². The second kappa shape index (κ2) is 13.1. The zero-order chi connectivity index (χ0) is 28.9. The average Bonchev–Trinajstić information content (AvgIpc) is 3.00. The van der Waals surface area contributed by atoms with Gasteiger partial charge in [0.05, 0.1) is 21.7 Å². The van der Waals surface area contributed by atoms with Crippen molar-refractivity contribution >= 4 is 45.9 Å². The SMILES string of the molecule is CN(C[C@@H](CCN1CCC(N2CCCNC2=O)CC1)c1ccc(Cl)c(Cl)c1)C(=O)c1cccc2cc(C#N)ccc12. The van der Waals surface area contributed by atoms with E-state index in [9.17, 15) is 14.9 Å². The fourth-order valence-electron chi connectivity index (χ4n) is 6.08. The Morgan fingerprint density at radius 1 is 1.10 bits per heavy atom. The number of likely N-dealkylation sites (tertiary alicyclic amines) is 1. The molecule has 9 heteroatoms. The van der Waals surface area contributed by atoms with Gasteiger partial charge in [0.15, 0.2) is 0 Å². The molecular formula is C32H35Cl2N5O2. The molecule has 3 aromatic carbocycles. The molecule has 0 bridgehead atoms. The summed E-state index contributed by atoms with van der Waals surface area (Å²) in [6.07, 6.45) is 3.80. The fourth-order valence-corrected chi connectivity index (χ4v) is 6.38. The van der Waals surface area contributed by atoms with Crippen LogP contribution in [0.5, 0.6) is 0 Å². The number of urea groups is 1. The number of nitrogens with one attached hydrogen (secondary N) is 1. The summed E-state index contributed by atoms with van der Waals surface area (Å²) >= 11 is 12.6. The van der Waals surface area contributed by atoms with E-state index in [2.05, 4.69) is 16.3 Å². The molecule has 0 saturated carbocycles. The number of likely N-dealkylation sites (N-methyl/N-ethyl adjacent to an activating group) is 1. The van der Waals surface area contributed by atoms with Crippen molar-refractivity contribution < 1.29 is 9.59 Å². The van der Waals surface area contributed by atoms with Crippen molar-refractivity contribution in [3.8, 4) is 6.07 Å². The second-order valence-corrected chi connectivity index (χ2v) is 11.9. The Bertz CT molecular complexity index is 1460. The van der Waals surface area contributed by atoms with Crippen molar-refractivity contribution in [3.05, 3.63) is 81.3 Å². The highest BCUT2D eigenvalue weighted by Gasteiger charge is 2.30. The summed E-state index contributed by atoms with van der Waals surface area (Å²) in [5.41, 5.74) is 2.24. The first-order chi connectivity index (χ1) is 19.8. The molecule has 3 aromatic rings. The van der Waals surface area contributed by atoms with Gasteiger partial charge in [-0.25, -0.2) is 4.79 Å². The van der Waals surface area contributed by atoms with E-state index in [1.807, 2.05) is 60.5 Å². The number of piperidine rings is 1. The molecule has 3 amide bonds. The second-order valence-electron chi connectivity index (χ2n) is 11.0. The van der Waals surface area contributed by atoms with Gasteiger partial charge in [-0.3, -0.25) is 4.79 Å². The quantitative estimate of drug-likeness (QED) is 0.341. The number of rotatable bonds is 8. The predicted molar refractivity (Wildman–Crippen MR) is 164 cm³/mol. The maximum atomic E-state index is 13.7. The largest absolute Gasteiger partial charge is 0.341 e. The van der Waals surface area contributed by atoms with Gasteiger partial charge >= 0.3 is 6.03 Å². The van der Waals surface area contributed by atoms with Gasteiger partial charge in [0.25, 0.3) is 5.91 Å². The molecule has 2 aliphatic heterocycles. The summed E-state index contributed by atoms with van der Waals surface area (Å²) in [4.78, 5) is 32.2. The number of amides is 3. The van der Waals surface area contributed by atoms with E-state index < -0.39 is 0 Å². The first-order valence-corrected chi connectivity index (χ1v) is 15.0. The minimum absolute atomic E-state index is 0.0597. The van der Waals surface area contributed by atoms with Crippen LogP contribution < -0.4 is 5.32 Å². The maximum absolute atomic E-state index is 13.7. The van der Waals surface area contributed by atoms with Crippen molar-refractivity contribution in [3.63, 3.8) is 0 Å².